The zero-order valence-corrected chi connectivity index (χ0v) is 12.6. The van der Waals surface area contributed by atoms with Crippen LogP contribution in [0.5, 0.6) is 0 Å². The minimum absolute atomic E-state index is 0.0528. The Bertz CT molecular complexity index is 665. The van der Waals surface area contributed by atoms with Crippen LogP contribution >= 0.6 is 11.6 Å². The summed E-state index contributed by atoms with van der Waals surface area (Å²) >= 11 is 5.83. The van der Waals surface area contributed by atoms with E-state index in [4.69, 9.17) is 11.6 Å². The fourth-order valence-electron chi connectivity index (χ4n) is 2.00. The van der Waals surface area contributed by atoms with Crippen LogP contribution in [0.15, 0.2) is 48.5 Å². The molecule has 0 aliphatic rings. The molecule has 0 bridgehead atoms. The molecule has 21 heavy (non-hydrogen) atoms. The number of halogens is 1. The molecule has 108 valence electrons. The van der Waals surface area contributed by atoms with Gasteiger partial charge in [-0.15, -0.1) is 0 Å². The van der Waals surface area contributed by atoms with E-state index < -0.39 is 6.04 Å². The minimum Gasteiger partial charge on any atom is -0.375 e. The maximum atomic E-state index is 12.4. The van der Waals surface area contributed by atoms with Crippen molar-refractivity contribution in [2.24, 2.45) is 0 Å². The van der Waals surface area contributed by atoms with Crippen LogP contribution in [0.4, 0.5) is 5.69 Å². The molecule has 1 atom stereocenters. The standard InChI is InChI=1S/C17H16ClNO2/c1-11(19-16-8-6-15(18)7-9-16)17(21)14-5-3-4-13(10-14)12(2)20/h3-11,19H,1-2H3. The molecule has 0 aliphatic carbocycles. The summed E-state index contributed by atoms with van der Waals surface area (Å²) in [5.74, 6) is -0.115. The topological polar surface area (TPSA) is 46.2 Å². The predicted octanol–water partition coefficient (Wildman–Crippen LogP) is 4.23. The number of Topliss-reactive ketones (excluding diaryl/α,β-unsaturated/α-hetero) is 2. The van der Waals surface area contributed by atoms with Gasteiger partial charge in [0.2, 0.25) is 0 Å². The van der Waals surface area contributed by atoms with E-state index >= 15 is 0 Å². The molecule has 2 aromatic carbocycles. The van der Waals surface area contributed by atoms with Gasteiger partial charge in [0.05, 0.1) is 6.04 Å². The quantitative estimate of drug-likeness (QED) is 0.841. The van der Waals surface area contributed by atoms with Crippen molar-refractivity contribution in [2.45, 2.75) is 19.9 Å². The number of hydrogen-bond donors (Lipinski definition) is 1. The summed E-state index contributed by atoms with van der Waals surface area (Å²) in [5, 5.41) is 3.77. The number of carbonyl (C=O) groups is 2. The SMILES string of the molecule is CC(=O)c1cccc(C(=O)C(C)Nc2ccc(Cl)cc2)c1. The Morgan fingerprint density at radius 3 is 2.29 bits per heavy atom. The van der Waals surface area contributed by atoms with E-state index in [-0.39, 0.29) is 11.6 Å². The van der Waals surface area contributed by atoms with Crippen LogP contribution in [0.25, 0.3) is 0 Å². The second-order valence-corrected chi connectivity index (χ2v) is 5.31. The molecular weight excluding hydrogens is 286 g/mol. The lowest BCUT2D eigenvalue weighted by molar-refractivity contribution is 0.0975. The highest BCUT2D eigenvalue weighted by atomic mass is 35.5. The van der Waals surface area contributed by atoms with Crippen molar-refractivity contribution in [3.63, 3.8) is 0 Å². The highest BCUT2D eigenvalue weighted by Crippen LogP contribution is 2.16. The molecule has 0 saturated carbocycles. The molecule has 0 radical (unpaired) electrons. The Morgan fingerprint density at radius 1 is 1.05 bits per heavy atom. The van der Waals surface area contributed by atoms with Gasteiger partial charge in [-0.3, -0.25) is 9.59 Å². The molecule has 1 unspecified atom stereocenters. The number of ketones is 2. The summed E-state index contributed by atoms with van der Waals surface area (Å²) in [6, 6.07) is 13.5. The molecule has 0 spiro atoms. The van der Waals surface area contributed by atoms with Crippen molar-refractivity contribution < 1.29 is 9.59 Å². The third kappa shape index (κ3) is 3.92. The largest absolute Gasteiger partial charge is 0.375 e. The van der Waals surface area contributed by atoms with Crippen molar-refractivity contribution in [1.82, 2.24) is 0 Å². The van der Waals surface area contributed by atoms with Gasteiger partial charge in [0.15, 0.2) is 11.6 Å². The number of rotatable bonds is 5. The van der Waals surface area contributed by atoms with Crippen LogP contribution in [-0.4, -0.2) is 17.6 Å². The van der Waals surface area contributed by atoms with Gasteiger partial charge < -0.3 is 5.32 Å². The minimum atomic E-state index is -0.395. The first-order valence-electron chi connectivity index (χ1n) is 6.64. The lowest BCUT2D eigenvalue weighted by Gasteiger charge is -2.14. The molecule has 0 amide bonds. The van der Waals surface area contributed by atoms with E-state index in [2.05, 4.69) is 5.32 Å². The van der Waals surface area contributed by atoms with E-state index in [1.54, 1.807) is 43.3 Å². The van der Waals surface area contributed by atoms with Crippen molar-refractivity contribution in [2.75, 3.05) is 5.32 Å². The Morgan fingerprint density at radius 2 is 1.67 bits per heavy atom. The van der Waals surface area contributed by atoms with Crippen LogP contribution < -0.4 is 5.32 Å². The maximum Gasteiger partial charge on any atom is 0.184 e. The maximum absolute atomic E-state index is 12.4. The molecule has 3 nitrogen and oxygen atoms in total. The summed E-state index contributed by atoms with van der Waals surface area (Å²) in [6.07, 6.45) is 0. The fourth-order valence-corrected chi connectivity index (χ4v) is 2.13. The van der Waals surface area contributed by atoms with Gasteiger partial charge in [-0.05, 0) is 44.2 Å². The molecule has 0 heterocycles. The van der Waals surface area contributed by atoms with Crippen molar-refractivity contribution in [3.8, 4) is 0 Å². The Hall–Kier alpha value is -2.13. The highest BCUT2D eigenvalue weighted by Gasteiger charge is 2.16. The van der Waals surface area contributed by atoms with Crippen molar-refractivity contribution in [1.29, 1.82) is 0 Å². The van der Waals surface area contributed by atoms with E-state index in [9.17, 15) is 9.59 Å². The number of nitrogens with one attached hydrogen (secondary N) is 1. The zero-order chi connectivity index (χ0) is 15.4. The molecule has 0 aromatic heterocycles. The van der Waals surface area contributed by atoms with Gasteiger partial charge in [-0.1, -0.05) is 29.8 Å². The highest BCUT2D eigenvalue weighted by molar-refractivity contribution is 6.30. The monoisotopic (exact) mass is 301 g/mol. The van der Waals surface area contributed by atoms with Crippen LogP contribution in [0, 0.1) is 0 Å². The summed E-state index contributed by atoms with van der Waals surface area (Å²) < 4.78 is 0. The molecular formula is C17H16ClNO2. The van der Waals surface area contributed by atoms with Crippen LogP contribution in [0.2, 0.25) is 5.02 Å². The molecule has 2 aromatic rings. The summed E-state index contributed by atoms with van der Waals surface area (Å²) in [6.45, 7) is 3.27. The van der Waals surface area contributed by atoms with Gasteiger partial charge in [0.1, 0.15) is 0 Å². The fraction of sp³-hybridized carbons (Fsp3) is 0.176. The average molecular weight is 302 g/mol. The van der Waals surface area contributed by atoms with E-state index in [0.29, 0.717) is 16.1 Å². The number of carbonyl (C=O) groups excluding carboxylic acids is 2. The number of anilines is 1. The summed E-state index contributed by atoms with van der Waals surface area (Å²) in [5.41, 5.74) is 1.89. The molecule has 0 saturated heterocycles. The second-order valence-electron chi connectivity index (χ2n) is 4.87. The van der Waals surface area contributed by atoms with E-state index in [1.807, 2.05) is 12.1 Å². The Kier molecular flexibility index (Phi) is 4.76. The summed E-state index contributed by atoms with van der Waals surface area (Å²) in [7, 11) is 0. The van der Waals surface area contributed by atoms with Crippen molar-refractivity contribution in [3.05, 3.63) is 64.7 Å². The first-order chi connectivity index (χ1) is 9.97. The smallest absolute Gasteiger partial charge is 0.184 e. The van der Waals surface area contributed by atoms with E-state index in [1.165, 1.54) is 6.92 Å². The van der Waals surface area contributed by atoms with Gasteiger partial charge in [-0.25, -0.2) is 0 Å². The van der Waals surface area contributed by atoms with Crippen molar-refractivity contribution >= 4 is 28.9 Å². The predicted molar refractivity (Wildman–Crippen MR) is 85.3 cm³/mol. The Balaban J connectivity index is 2.13. The normalized spacial score (nSPS) is 11.8. The van der Waals surface area contributed by atoms with Gasteiger partial charge in [-0.2, -0.15) is 0 Å². The lowest BCUT2D eigenvalue weighted by atomic mass is 10.0. The van der Waals surface area contributed by atoms with Crippen LogP contribution in [0.3, 0.4) is 0 Å². The molecule has 0 aliphatic heterocycles. The average Bonchev–Trinajstić information content (AvgIpc) is 2.49. The number of benzene rings is 2. The molecule has 1 N–H and O–H groups in total. The summed E-state index contributed by atoms with van der Waals surface area (Å²) in [4.78, 5) is 23.8. The van der Waals surface area contributed by atoms with Crippen LogP contribution in [0.1, 0.15) is 34.6 Å². The molecule has 4 heteroatoms. The Labute approximate surface area is 128 Å². The first kappa shape index (κ1) is 15.3. The molecule has 2 rings (SSSR count). The van der Waals surface area contributed by atoms with Crippen LogP contribution in [-0.2, 0) is 0 Å². The lowest BCUT2D eigenvalue weighted by Crippen LogP contribution is -2.26. The number of hydrogen-bond acceptors (Lipinski definition) is 3. The third-order valence-corrected chi connectivity index (χ3v) is 3.43. The van der Waals surface area contributed by atoms with E-state index in [0.717, 1.165) is 5.69 Å². The van der Waals surface area contributed by atoms with Gasteiger partial charge >= 0.3 is 0 Å². The third-order valence-electron chi connectivity index (χ3n) is 3.17. The first-order valence-corrected chi connectivity index (χ1v) is 7.02. The van der Waals surface area contributed by atoms with Gasteiger partial charge in [0, 0.05) is 21.8 Å². The second kappa shape index (κ2) is 6.55. The molecule has 0 fully saturated rings. The van der Waals surface area contributed by atoms with Gasteiger partial charge in [0.25, 0.3) is 0 Å². The zero-order valence-electron chi connectivity index (χ0n) is 11.9.